The van der Waals surface area contributed by atoms with Crippen molar-refractivity contribution in [2.75, 3.05) is 6.54 Å². The van der Waals surface area contributed by atoms with E-state index in [-0.39, 0.29) is 26.0 Å². The molecule has 2 aromatic carbocycles. The Kier molecular flexibility index (Phi) is 8.83. The normalized spacial score (nSPS) is 12.5. The van der Waals surface area contributed by atoms with E-state index in [9.17, 15) is 24.6 Å². The molecule has 0 aliphatic heterocycles. The van der Waals surface area contributed by atoms with Gasteiger partial charge in [0, 0.05) is 13.0 Å². The summed E-state index contributed by atoms with van der Waals surface area (Å²) in [6.45, 7) is 1.81. The first-order valence-electron chi connectivity index (χ1n) is 9.54. The Bertz CT molecular complexity index is 838. The molecule has 0 aliphatic rings. The number of rotatable bonds is 10. The van der Waals surface area contributed by atoms with Crippen molar-refractivity contribution in [2.45, 2.75) is 38.5 Å². The van der Waals surface area contributed by atoms with E-state index in [2.05, 4.69) is 10.6 Å². The predicted molar refractivity (Wildman–Crippen MR) is 110 cm³/mol. The second-order valence-electron chi connectivity index (χ2n) is 6.95. The van der Waals surface area contributed by atoms with E-state index < -0.39 is 30.1 Å². The van der Waals surface area contributed by atoms with Crippen LogP contribution in [0.2, 0.25) is 0 Å². The number of hydrogen-bond donors (Lipinski definition) is 4. The molecular weight excluding hydrogens is 388 g/mol. The van der Waals surface area contributed by atoms with Crippen LogP contribution in [0.3, 0.4) is 0 Å². The Morgan fingerprint density at radius 1 is 1.00 bits per heavy atom. The SMILES string of the molecule is Cc1ccc(C[C@@H](NC(=O)C[C@@H](O)CNC(=O)OCc2ccccc2)C(=O)O)cc1. The highest BCUT2D eigenvalue weighted by Gasteiger charge is 2.22. The van der Waals surface area contributed by atoms with Gasteiger partial charge in [-0.2, -0.15) is 0 Å². The maximum Gasteiger partial charge on any atom is 0.407 e. The van der Waals surface area contributed by atoms with Crippen LogP contribution >= 0.6 is 0 Å². The molecule has 0 aromatic heterocycles. The van der Waals surface area contributed by atoms with Crippen LogP contribution in [-0.2, 0) is 27.4 Å². The highest BCUT2D eigenvalue weighted by atomic mass is 16.5. The molecule has 0 saturated heterocycles. The van der Waals surface area contributed by atoms with Gasteiger partial charge in [0.15, 0.2) is 0 Å². The van der Waals surface area contributed by atoms with E-state index in [0.717, 1.165) is 16.7 Å². The molecule has 8 heteroatoms. The van der Waals surface area contributed by atoms with E-state index in [1.165, 1.54) is 0 Å². The van der Waals surface area contributed by atoms with Crippen LogP contribution in [0, 0.1) is 6.92 Å². The van der Waals surface area contributed by atoms with Gasteiger partial charge in [-0.05, 0) is 18.1 Å². The van der Waals surface area contributed by atoms with Crippen LogP contribution in [-0.4, -0.2) is 46.9 Å². The molecule has 0 radical (unpaired) electrons. The van der Waals surface area contributed by atoms with Crippen molar-refractivity contribution in [3.05, 3.63) is 71.3 Å². The van der Waals surface area contributed by atoms with Gasteiger partial charge in [0.05, 0.1) is 12.5 Å². The fourth-order valence-corrected chi connectivity index (χ4v) is 2.67. The van der Waals surface area contributed by atoms with Gasteiger partial charge in [0.2, 0.25) is 5.91 Å². The number of aliphatic carboxylic acids is 1. The van der Waals surface area contributed by atoms with Gasteiger partial charge in [0.25, 0.3) is 0 Å². The molecule has 4 N–H and O–H groups in total. The summed E-state index contributed by atoms with van der Waals surface area (Å²) in [5.41, 5.74) is 2.64. The van der Waals surface area contributed by atoms with Gasteiger partial charge < -0.3 is 25.6 Å². The first kappa shape index (κ1) is 22.9. The summed E-state index contributed by atoms with van der Waals surface area (Å²) < 4.78 is 5.01. The van der Waals surface area contributed by atoms with E-state index >= 15 is 0 Å². The molecule has 0 fully saturated rings. The fourth-order valence-electron chi connectivity index (χ4n) is 2.67. The molecular formula is C22H26N2O6. The number of alkyl carbamates (subject to hydrolysis) is 1. The molecule has 0 aliphatic carbocycles. The van der Waals surface area contributed by atoms with Crippen molar-refractivity contribution in [1.82, 2.24) is 10.6 Å². The Labute approximate surface area is 174 Å². The number of amides is 2. The molecule has 2 aromatic rings. The van der Waals surface area contributed by atoms with Crippen molar-refractivity contribution < 1.29 is 29.3 Å². The summed E-state index contributed by atoms with van der Waals surface area (Å²) in [6, 6.07) is 15.3. The van der Waals surface area contributed by atoms with Gasteiger partial charge >= 0.3 is 12.1 Å². The lowest BCUT2D eigenvalue weighted by Crippen LogP contribution is -2.44. The molecule has 160 valence electrons. The quantitative estimate of drug-likeness (QED) is 0.470. The van der Waals surface area contributed by atoms with E-state index in [4.69, 9.17) is 4.74 Å². The number of aliphatic hydroxyl groups excluding tert-OH is 1. The summed E-state index contributed by atoms with van der Waals surface area (Å²) in [5, 5.41) is 24.1. The fraction of sp³-hybridized carbons (Fsp3) is 0.318. The highest BCUT2D eigenvalue weighted by Crippen LogP contribution is 2.07. The minimum atomic E-state index is -1.18. The van der Waals surface area contributed by atoms with Crippen LogP contribution in [0.15, 0.2) is 54.6 Å². The van der Waals surface area contributed by atoms with Crippen LogP contribution in [0.1, 0.15) is 23.1 Å². The lowest BCUT2D eigenvalue weighted by Gasteiger charge is -2.17. The summed E-state index contributed by atoms with van der Waals surface area (Å²) in [4.78, 5) is 35.2. The summed E-state index contributed by atoms with van der Waals surface area (Å²) >= 11 is 0. The second kappa shape index (κ2) is 11.6. The standard InChI is InChI=1S/C22H26N2O6/c1-15-7-9-16(10-8-15)11-19(21(27)28)24-20(26)12-18(25)13-23-22(29)30-14-17-5-3-2-4-6-17/h2-10,18-19,25H,11-14H2,1H3,(H,23,29)(H,24,26)(H,27,28)/t18-,19-/m1/s1. The van der Waals surface area contributed by atoms with E-state index in [0.29, 0.717) is 0 Å². The monoisotopic (exact) mass is 414 g/mol. The van der Waals surface area contributed by atoms with Crippen molar-refractivity contribution in [1.29, 1.82) is 0 Å². The number of aliphatic hydroxyl groups is 1. The molecule has 30 heavy (non-hydrogen) atoms. The molecule has 8 nitrogen and oxygen atoms in total. The summed E-state index contributed by atoms with van der Waals surface area (Å²) in [5.74, 6) is -1.79. The molecule has 0 bridgehead atoms. The summed E-state index contributed by atoms with van der Waals surface area (Å²) in [7, 11) is 0. The van der Waals surface area contributed by atoms with Crippen LogP contribution in [0.5, 0.6) is 0 Å². The van der Waals surface area contributed by atoms with Crippen LogP contribution in [0.25, 0.3) is 0 Å². The lowest BCUT2D eigenvalue weighted by atomic mass is 10.0. The molecule has 0 saturated carbocycles. The number of carbonyl (C=O) groups is 3. The zero-order valence-corrected chi connectivity index (χ0v) is 16.7. The molecule has 2 atom stereocenters. The minimum absolute atomic E-state index is 0.0859. The Morgan fingerprint density at radius 2 is 1.67 bits per heavy atom. The molecule has 0 spiro atoms. The number of nitrogens with one attached hydrogen (secondary N) is 2. The number of carboxylic acids is 1. The second-order valence-corrected chi connectivity index (χ2v) is 6.95. The van der Waals surface area contributed by atoms with Gasteiger partial charge in [-0.3, -0.25) is 4.79 Å². The molecule has 2 rings (SSSR count). The third-order valence-corrected chi connectivity index (χ3v) is 4.31. The minimum Gasteiger partial charge on any atom is -0.480 e. The first-order chi connectivity index (χ1) is 14.3. The number of aryl methyl sites for hydroxylation is 1. The number of carboxylic acid groups (broad SMARTS) is 1. The van der Waals surface area contributed by atoms with Crippen LogP contribution in [0.4, 0.5) is 4.79 Å². The highest BCUT2D eigenvalue weighted by molar-refractivity contribution is 5.84. The smallest absolute Gasteiger partial charge is 0.407 e. The average Bonchev–Trinajstić information content (AvgIpc) is 2.72. The zero-order valence-electron chi connectivity index (χ0n) is 16.7. The first-order valence-corrected chi connectivity index (χ1v) is 9.54. The van der Waals surface area contributed by atoms with Gasteiger partial charge in [-0.25, -0.2) is 9.59 Å². The Morgan fingerprint density at radius 3 is 2.30 bits per heavy atom. The Hall–Kier alpha value is -3.39. The molecule has 2 amide bonds. The number of hydrogen-bond acceptors (Lipinski definition) is 5. The average molecular weight is 414 g/mol. The maximum atomic E-state index is 12.1. The maximum absolute atomic E-state index is 12.1. The van der Waals surface area contributed by atoms with Crippen molar-refractivity contribution >= 4 is 18.0 Å². The van der Waals surface area contributed by atoms with Crippen molar-refractivity contribution in [3.63, 3.8) is 0 Å². The van der Waals surface area contributed by atoms with Gasteiger partial charge in [-0.1, -0.05) is 60.2 Å². The third kappa shape index (κ3) is 8.32. The van der Waals surface area contributed by atoms with Crippen LogP contribution < -0.4 is 10.6 Å². The largest absolute Gasteiger partial charge is 0.480 e. The van der Waals surface area contributed by atoms with Crippen molar-refractivity contribution in [2.24, 2.45) is 0 Å². The van der Waals surface area contributed by atoms with E-state index in [1.807, 2.05) is 49.4 Å². The number of carbonyl (C=O) groups excluding carboxylic acids is 2. The Balaban J connectivity index is 1.73. The number of ether oxygens (including phenoxy) is 1. The topological polar surface area (TPSA) is 125 Å². The van der Waals surface area contributed by atoms with Crippen molar-refractivity contribution in [3.8, 4) is 0 Å². The lowest BCUT2D eigenvalue weighted by molar-refractivity contribution is -0.142. The molecule has 0 heterocycles. The number of benzene rings is 2. The predicted octanol–water partition coefficient (Wildman–Crippen LogP) is 1.78. The molecule has 0 unspecified atom stereocenters. The third-order valence-electron chi connectivity index (χ3n) is 4.31. The zero-order chi connectivity index (χ0) is 21.9. The van der Waals surface area contributed by atoms with Gasteiger partial charge in [-0.15, -0.1) is 0 Å². The summed E-state index contributed by atoms with van der Waals surface area (Å²) in [6.07, 6.45) is -2.12. The van der Waals surface area contributed by atoms with Gasteiger partial charge in [0.1, 0.15) is 12.6 Å². The van der Waals surface area contributed by atoms with E-state index in [1.54, 1.807) is 12.1 Å².